The van der Waals surface area contributed by atoms with Gasteiger partial charge < -0.3 is 4.74 Å². The fourth-order valence-corrected chi connectivity index (χ4v) is 2.05. The average Bonchev–Trinajstić information content (AvgIpc) is 2.28. The molecule has 1 fully saturated rings. The molecule has 0 aromatic heterocycles. The predicted octanol–water partition coefficient (Wildman–Crippen LogP) is 2.40. The number of alkyl halides is 3. The molecule has 1 heterocycles. The van der Waals surface area contributed by atoms with Gasteiger partial charge in [-0.25, -0.2) is 0 Å². The molecule has 18 heavy (non-hydrogen) atoms. The van der Waals surface area contributed by atoms with E-state index in [1.54, 1.807) is 13.8 Å². The maximum Gasteiger partial charge on any atom is 0.389 e. The number of Topliss-reactive ketones (excluding diaryl/α,β-unsaturated/α-hetero) is 1. The lowest BCUT2D eigenvalue weighted by Gasteiger charge is -2.39. The SMILES string of the molecule is CC(C)(C(=O)CCCC(F)(F)F)N1CCOCC1. The van der Waals surface area contributed by atoms with Gasteiger partial charge in [0.2, 0.25) is 0 Å². The first-order valence-electron chi connectivity index (χ1n) is 6.16. The summed E-state index contributed by atoms with van der Waals surface area (Å²) in [5.41, 5.74) is -0.699. The molecular formula is C12H20F3NO2. The summed E-state index contributed by atoms with van der Waals surface area (Å²) in [6, 6.07) is 0. The fraction of sp³-hybridized carbons (Fsp3) is 0.917. The number of hydrogen-bond acceptors (Lipinski definition) is 3. The maximum absolute atomic E-state index is 12.0. The molecule has 106 valence electrons. The molecule has 0 aromatic carbocycles. The first-order valence-corrected chi connectivity index (χ1v) is 6.16. The zero-order chi connectivity index (χ0) is 13.8. The van der Waals surface area contributed by atoms with Gasteiger partial charge in [-0.3, -0.25) is 9.69 Å². The van der Waals surface area contributed by atoms with Crippen LogP contribution in [0.2, 0.25) is 0 Å². The van der Waals surface area contributed by atoms with Crippen LogP contribution in [0.1, 0.15) is 33.1 Å². The van der Waals surface area contributed by atoms with Crippen LogP contribution in [0.5, 0.6) is 0 Å². The van der Waals surface area contributed by atoms with Crippen LogP contribution in [0.25, 0.3) is 0 Å². The van der Waals surface area contributed by atoms with Crippen LogP contribution in [0, 0.1) is 0 Å². The van der Waals surface area contributed by atoms with Crippen LogP contribution in [0.15, 0.2) is 0 Å². The Balaban J connectivity index is 2.43. The van der Waals surface area contributed by atoms with E-state index in [0.29, 0.717) is 26.3 Å². The first-order chi connectivity index (χ1) is 8.23. The molecule has 1 rings (SSSR count). The van der Waals surface area contributed by atoms with Crippen LogP contribution in [0.4, 0.5) is 13.2 Å². The summed E-state index contributed by atoms with van der Waals surface area (Å²) >= 11 is 0. The molecule has 0 saturated carbocycles. The number of ketones is 1. The van der Waals surface area contributed by atoms with Crippen molar-refractivity contribution in [3.05, 3.63) is 0 Å². The second kappa shape index (κ2) is 6.02. The number of nitrogens with zero attached hydrogens (tertiary/aromatic N) is 1. The van der Waals surface area contributed by atoms with Gasteiger partial charge in [-0.1, -0.05) is 0 Å². The number of hydrogen-bond donors (Lipinski definition) is 0. The quantitative estimate of drug-likeness (QED) is 0.766. The lowest BCUT2D eigenvalue weighted by molar-refractivity contribution is -0.140. The molecule has 1 aliphatic rings. The highest BCUT2D eigenvalue weighted by atomic mass is 19.4. The first kappa shape index (κ1) is 15.4. The molecule has 0 aromatic rings. The third-order valence-corrected chi connectivity index (χ3v) is 3.35. The van der Waals surface area contributed by atoms with Gasteiger partial charge in [0.1, 0.15) is 0 Å². The van der Waals surface area contributed by atoms with Gasteiger partial charge in [0.15, 0.2) is 5.78 Å². The number of halogens is 3. The second-order valence-corrected chi connectivity index (χ2v) is 5.05. The van der Waals surface area contributed by atoms with Crippen LogP contribution in [0.3, 0.4) is 0 Å². The van der Waals surface area contributed by atoms with Crippen LogP contribution >= 0.6 is 0 Å². The summed E-state index contributed by atoms with van der Waals surface area (Å²) in [7, 11) is 0. The minimum atomic E-state index is -4.18. The zero-order valence-electron chi connectivity index (χ0n) is 10.8. The van der Waals surface area contributed by atoms with E-state index in [2.05, 4.69) is 0 Å². The van der Waals surface area contributed by atoms with E-state index >= 15 is 0 Å². The molecule has 0 radical (unpaired) electrons. The highest BCUT2D eigenvalue weighted by Gasteiger charge is 2.35. The average molecular weight is 267 g/mol. The van der Waals surface area contributed by atoms with E-state index in [1.807, 2.05) is 4.90 Å². The minimum absolute atomic E-state index is 0.0239. The van der Waals surface area contributed by atoms with E-state index in [-0.39, 0.29) is 18.6 Å². The second-order valence-electron chi connectivity index (χ2n) is 5.05. The van der Waals surface area contributed by atoms with Crippen molar-refractivity contribution in [2.45, 2.75) is 44.8 Å². The van der Waals surface area contributed by atoms with Gasteiger partial charge in [0.25, 0.3) is 0 Å². The molecule has 0 atom stereocenters. The number of carbonyl (C=O) groups excluding carboxylic acids is 1. The Bertz CT molecular complexity index is 284. The molecule has 0 bridgehead atoms. The number of rotatable bonds is 5. The lowest BCUT2D eigenvalue weighted by atomic mass is 9.92. The van der Waals surface area contributed by atoms with Crippen LogP contribution < -0.4 is 0 Å². The third kappa shape index (κ3) is 4.57. The molecular weight excluding hydrogens is 247 g/mol. The standard InChI is InChI=1S/C12H20F3NO2/c1-11(2,16-6-8-18-9-7-16)10(17)4-3-5-12(13,14)15/h3-9H2,1-2H3. The van der Waals surface area contributed by atoms with Crippen molar-refractivity contribution in [1.29, 1.82) is 0 Å². The number of ether oxygens (including phenoxy) is 1. The van der Waals surface area contributed by atoms with Gasteiger partial charge in [-0.2, -0.15) is 13.2 Å². The zero-order valence-corrected chi connectivity index (χ0v) is 10.8. The van der Waals surface area contributed by atoms with Crippen molar-refractivity contribution in [3.63, 3.8) is 0 Å². The summed E-state index contributed by atoms with van der Waals surface area (Å²) in [6.07, 6.45) is -5.22. The molecule has 1 aliphatic heterocycles. The molecule has 0 N–H and O–H groups in total. The summed E-state index contributed by atoms with van der Waals surface area (Å²) in [5.74, 6) is -0.131. The van der Waals surface area contributed by atoms with E-state index in [0.717, 1.165) is 0 Å². The number of morpholine rings is 1. The fourth-order valence-electron chi connectivity index (χ4n) is 2.05. The van der Waals surface area contributed by atoms with Crippen molar-refractivity contribution < 1.29 is 22.7 Å². The van der Waals surface area contributed by atoms with Gasteiger partial charge in [0, 0.05) is 25.9 Å². The Morgan fingerprint density at radius 1 is 1.22 bits per heavy atom. The van der Waals surface area contributed by atoms with Crippen molar-refractivity contribution in [1.82, 2.24) is 4.90 Å². The normalized spacial score (nSPS) is 18.9. The Hall–Kier alpha value is -0.620. The highest BCUT2D eigenvalue weighted by Crippen LogP contribution is 2.25. The van der Waals surface area contributed by atoms with Gasteiger partial charge >= 0.3 is 6.18 Å². The smallest absolute Gasteiger partial charge is 0.379 e. The Labute approximate surface area is 105 Å². The summed E-state index contributed by atoms with van der Waals surface area (Å²) in [4.78, 5) is 14.0. The van der Waals surface area contributed by atoms with E-state index in [4.69, 9.17) is 4.74 Å². The van der Waals surface area contributed by atoms with Crippen molar-refractivity contribution in [2.24, 2.45) is 0 Å². The maximum atomic E-state index is 12.0. The summed E-state index contributed by atoms with van der Waals surface area (Å²) in [5, 5.41) is 0. The minimum Gasteiger partial charge on any atom is -0.379 e. The Morgan fingerprint density at radius 2 is 1.78 bits per heavy atom. The van der Waals surface area contributed by atoms with Gasteiger partial charge in [0.05, 0.1) is 18.8 Å². The third-order valence-electron chi connectivity index (χ3n) is 3.35. The van der Waals surface area contributed by atoms with Crippen LogP contribution in [-0.2, 0) is 9.53 Å². The van der Waals surface area contributed by atoms with Crippen molar-refractivity contribution in [3.8, 4) is 0 Å². The number of carbonyl (C=O) groups is 1. The largest absolute Gasteiger partial charge is 0.389 e. The Kier molecular flexibility index (Phi) is 5.16. The Morgan fingerprint density at radius 3 is 2.28 bits per heavy atom. The molecule has 0 unspecified atom stereocenters. The highest BCUT2D eigenvalue weighted by molar-refractivity contribution is 5.87. The predicted molar refractivity (Wildman–Crippen MR) is 61.4 cm³/mol. The lowest BCUT2D eigenvalue weighted by Crippen LogP contribution is -2.54. The summed E-state index contributed by atoms with van der Waals surface area (Å²) < 4.78 is 41.3. The molecule has 0 amide bonds. The van der Waals surface area contributed by atoms with Crippen molar-refractivity contribution in [2.75, 3.05) is 26.3 Å². The monoisotopic (exact) mass is 267 g/mol. The van der Waals surface area contributed by atoms with E-state index in [9.17, 15) is 18.0 Å². The topological polar surface area (TPSA) is 29.5 Å². The van der Waals surface area contributed by atoms with E-state index < -0.39 is 18.1 Å². The van der Waals surface area contributed by atoms with Crippen LogP contribution in [-0.4, -0.2) is 48.7 Å². The van der Waals surface area contributed by atoms with E-state index in [1.165, 1.54) is 0 Å². The molecule has 3 nitrogen and oxygen atoms in total. The van der Waals surface area contributed by atoms with Crippen molar-refractivity contribution >= 4 is 5.78 Å². The van der Waals surface area contributed by atoms with Gasteiger partial charge in [-0.15, -0.1) is 0 Å². The van der Waals surface area contributed by atoms with Gasteiger partial charge in [-0.05, 0) is 20.3 Å². The molecule has 1 saturated heterocycles. The molecule has 0 spiro atoms. The summed E-state index contributed by atoms with van der Waals surface area (Å²) in [6.45, 7) is 5.98. The molecule has 0 aliphatic carbocycles. The molecule has 6 heteroatoms.